The zero-order chi connectivity index (χ0) is 14.4. The minimum absolute atomic E-state index is 0. The maximum Gasteiger partial charge on any atom is 0.193 e. The summed E-state index contributed by atoms with van der Waals surface area (Å²) in [5, 5.41) is 11.6. The Kier molecular flexibility index (Phi) is 6.62. The summed E-state index contributed by atoms with van der Waals surface area (Å²) in [5.74, 6) is -0.250. The molecule has 4 nitrogen and oxygen atoms in total. The van der Waals surface area contributed by atoms with Gasteiger partial charge in [0.2, 0.25) is 0 Å². The molecule has 2 rings (SSSR count). The number of aliphatic imine (C=N–C) groups is 1. The van der Waals surface area contributed by atoms with E-state index in [1.54, 1.807) is 6.07 Å². The van der Waals surface area contributed by atoms with Crippen molar-refractivity contribution in [2.45, 2.75) is 6.54 Å². The molecule has 0 aliphatic heterocycles. The van der Waals surface area contributed by atoms with Gasteiger partial charge < -0.3 is 11.1 Å². The fourth-order valence-corrected chi connectivity index (χ4v) is 1.62. The molecule has 0 unspecified atom stereocenters. The maximum absolute atomic E-state index is 13.6. The molecule has 0 fully saturated rings. The van der Waals surface area contributed by atoms with Crippen LogP contribution in [0.4, 0.5) is 10.1 Å². The molecule has 21 heavy (non-hydrogen) atoms. The molecule has 0 bridgehead atoms. The van der Waals surface area contributed by atoms with Crippen LogP contribution in [0.5, 0.6) is 0 Å². The van der Waals surface area contributed by atoms with Crippen molar-refractivity contribution in [3.63, 3.8) is 0 Å². The van der Waals surface area contributed by atoms with Crippen LogP contribution in [0.2, 0.25) is 0 Å². The monoisotopic (exact) mass is 396 g/mol. The second-order valence-electron chi connectivity index (χ2n) is 4.11. The van der Waals surface area contributed by atoms with Gasteiger partial charge in [-0.05, 0) is 24.3 Å². The highest BCUT2D eigenvalue weighted by Crippen LogP contribution is 2.11. The fourth-order valence-electron chi connectivity index (χ4n) is 1.62. The van der Waals surface area contributed by atoms with Crippen LogP contribution in [0.3, 0.4) is 0 Å². The molecule has 0 aliphatic carbocycles. The van der Waals surface area contributed by atoms with Crippen LogP contribution in [0, 0.1) is 17.1 Å². The molecular formula is C15H14FIN4. The number of halogens is 2. The molecule has 2 aromatic carbocycles. The Bertz CT molecular complexity index is 665. The van der Waals surface area contributed by atoms with Gasteiger partial charge in [0.25, 0.3) is 0 Å². The van der Waals surface area contributed by atoms with Crippen molar-refractivity contribution >= 4 is 35.6 Å². The molecule has 2 aromatic rings. The zero-order valence-electron chi connectivity index (χ0n) is 11.1. The number of nitrogens with two attached hydrogens (primary N) is 1. The van der Waals surface area contributed by atoms with Crippen LogP contribution >= 0.6 is 24.0 Å². The van der Waals surface area contributed by atoms with Crippen LogP contribution in [0.25, 0.3) is 0 Å². The molecule has 0 radical (unpaired) electrons. The minimum Gasteiger partial charge on any atom is -0.370 e. The lowest BCUT2D eigenvalue weighted by atomic mass is 10.1. The average Bonchev–Trinajstić information content (AvgIpc) is 2.47. The highest BCUT2D eigenvalue weighted by atomic mass is 127. The summed E-state index contributed by atoms with van der Waals surface area (Å²) in [5.41, 5.74) is 7.21. The van der Waals surface area contributed by atoms with Gasteiger partial charge in [0, 0.05) is 11.3 Å². The summed E-state index contributed by atoms with van der Waals surface area (Å²) < 4.78 is 13.6. The minimum atomic E-state index is -0.458. The van der Waals surface area contributed by atoms with E-state index >= 15 is 0 Å². The lowest BCUT2D eigenvalue weighted by molar-refractivity contribution is 0.610. The number of benzene rings is 2. The Hall–Kier alpha value is -2.14. The first kappa shape index (κ1) is 16.9. The van der Waals surface area contributed by atoms with Crippen molar-refractivity contribution in [2.75, 3.05) is 5.32 Å². The van der Waals surface area contributed by atoms with Crippen molar-refractivity contribution in [1.29, 1.82) is 5.26 Å². The first-order valence-electron chi connectivity index (χ1n) is 5.99. The Labute approximate surface area is 139 Å². The fraction of sp³-hybridized carbons (Fsp3) is 0.0667. The van der Waals surface area contributed by atoms with Crippen molar-refractivity contribution in [3.05, 3.63) is 65.5 Å². The number of nitriles is 1. The van der Waals surface area contributed by atoms with Gasteiger partial charge in [-0.1, -0.05) is 24.3 Å². The molecule has 0 saturated carbocycles. The third-order valence-electron chi connectivity index (χ3n) is 2.65. The summed E-state index contributed by atoms with van der Waals surface area (Å²) in [6.07, 6.45) is 0. The first-order chi connectivity index (χ1) is 9.69. The lowest BCUT2D eigenvalue weighted by Gasteiger charge is -2.05. The molecule has 0 aromatic heterocycles. The van der Waals surface area contributed by atoms with Gasteiger partial charge in [-0.2, -0.15) is 5.26 Å². The number of nitrogens with one attached hydrogen (secondary N) is 1. The van der Waals surface area contributed by atoms with Crippen LogP contribution in [0.15, 0.2) is 53.5 Å². The van der Waals surface area contributed by atoms with E-state index in [0.717, 1.165) is 5.69 Å². The van der Waals surface area contributed by atoms with E-state index in [2.05, 4.69) is 10.3 Å². The second-order valence-corrected chi connectivity index (χ2v) is 4.11. The van der Waals surface area contributed by atoms with Gasteiger partial charge in [0.1, 0.15) is 5.82 Å². The zero-order valence-corrected chi connectivity index (χ0v) is 13.4. The van der Waals surface area contributed by atoms with Crippen molar-refractivity contribution in [3.8, 4) is 6.07 Å². The summed E-state index contributed by atoms with van der Waals surface area (Å²) in [4.78, 5) is 4.07. The predicted molar refractivity (Wildman–Crippen MR) is 91.9 cm³/mol. The van der Waals surface area contributed by atoms with Gasteiger partial charge in [-0.3, -0.25) is 0 Å². The lowest BCUT2D eigenvalue weighted by Crippen LogP contribution is -2.22. The highest BCUT2D eigenvalue weighted by molar-refractivity contribution is 14.0. The summed E-state index contributed by atoms with van der Waals surface area (Å²) in [6, 6.07) is 15.5. The summed E-state index contributed by atoms with van der Waals surface area (Å²) in [6.45, 7) is 0.114. The Morgan fingerprint density at radius 1 is 1.24 bits per heavy atom. The quantitative estimate of drug-likeness (QED) is 0.475. The highest BCUT2D eigenvalue weighted by Gasteiger charge is 2.03. The average molecular weight is 396 g/mol. The van der Waals surface area contributed by atoms with Crippen LogP contribution in [-0.4, -0.2) is 5.96 Å². The van der Waals surface area contributed by atoms with Crippen molar-refractivity contribution in [2.24, 2.45) is 10.7 Å². The molecule has 3 N–H and O–H groups in total. The van der Waals surface area contributed by atoms with E-state index in [4.69, 9.17) is 11.0 Å². The van der Waals surface area contributed by atoms with Gasteiger partial charge >= 0.3 is 0 Å². The summed E-state index contributed by atoms with van der Waals surface area (Å²) in [7, 11) is 0. The third-order valence-corrected chi connectivity index (χ3v) is 2.65. The molecule has 0 atom stereocenters. The van der Waals surface area contributed by atoms with Crippen LogP contribution in [0.1, 0.15) is 11.1 Å². The number of guanidine groups is 1. The maximum atomic E-state index is 13.6. The number of rotatable bonds is 3. The number of para-hydroxylation sites is 1. The molecule has 6 heteroatoms. The third kappa shape index (κ3) is 5.04. The summed E-state index contributed by atoms with van der Waals surface area (Å²) >= 11 is 0. The van der Waals surface area contributed by atoms with Gasteiger partial charge in [-0.25, -0.2) is 9.38 Å². The molecule has 0 saturated heterocycles. The standard InChI is InChI=1S/C15H13FN4.HI/c16-14-8-11(9-17)6-7-12(14)10-19-15(18)20-13-4-2-1-3-5-13;/h1-8H,10H2,(H3,18,19,20);1H. The van der Waals surface area contributed by atoms with E-state index in [1.165, 1.54) is 12.1 Å². The van der Waals surface area contributed by atoms with Crippen LogP contribution < -0.4 is 11.1 Å². The molecule has 0 spiro atoms. The predicted octanol–water partition coefficient (Wildman–Crippen LogP) is 3.24. The Balaban J connectivity index is 0.00000220. The van der Waals surface area contributed by atoms with E-state index in [0.29, 0.717) is 5.56 Å². The van der Waals surface area contributed by atoms with Crippen molar-refractivity contribution in [1.82, 2.24) is 0 Å². The normalized spacial score (nSPS) is 10.4. The Morgan fingerprint density at radius 2 is 1.95 bits per heavy atom. The second kappa shape index (κ2) is 8.21. The molecule has 108 valence electrons. The largest absolute Gasteiger partial charge is 0.370 e. The molecule has 0 aliphatic rings. The topological polar surface area (TPSA) is 74.2 Å². The van der Waals surface area contributed by atoms with Crippen molar-refractivity contribution < 1.29 is 4.39 Å². The van der Waals surface area contributed by atoms with Crippen LogP contribution in [-0.2, 0) is 6.54 Å². The first-order valence-corrected chi connectivity index (χ1v) is 5.99. The van der Waals surface area contributed by atoms with Gasteiger partial charge in [0.05, 0.1) is 18.2 Å². The number of nitrogens with zero attached hydrogens (tertiary/aromatic N) is 2. The van der Waals surface area contributed by atoms with E-state index in [-0.39, 0.29) is 42.0 Å². The number of anilines is 1. The van der Waals surface area contributed by atoms with E-state index < -0.39 is 5.82 Å². The van der Waals surface area contributed by atoms with E-state index in [1.807, 2.05) is 36.4 Å². The molecule has 0 amide bonds. The smallest absolute Gasteiger partial charge is 0.193 e. The number of hydrogen-bond acceptors (Lipinski definition) is 2. The molecule has 0 heterocycles. The number of hydrogen-bond donors (Lipinski definition) is 2. The van der Waals surface area contributed by atoms with E-state index in [9.17, 15) is 4.39 Å². The SMILES string of the molecule is I.N#Cc1ccc(CN=C(N)Nc2ccccc2)c(F)c1. The van der Waals surface area contributed by atoms with Gasteiger partial charge in [-0.15, -0.1) is 24.0 Å². The molecular weight excluding hydrogens is 382 g/mol. The Morgan fingerprint density at radius 3 is 2.57 bits per heavy atom. The van der Waals surface area contributed by atoms with Gasteiger partial charge in [0.15, 0.2) is 5.96 Å².